The van der Waals surface area contributed by atoms with Crippen molar-refractivity contribution in [3.8, 4) is 5.75 Å². The number of nitrogens with zero attached hydrogens (tertiary/aromatic N) is 2. The number of allylic oxidation sites excluding steroid dienone is 1. The highest BCUT2D eigenvalue weighted by Crippen LogP contribution is 2.65. The van der Waals surface area contributed by atoms with E-state index in [1.807, 2.05) is 13.8 Å². The van der Waals surface area contributed by atoms with Gasteiger partial charge in [-0.05, 0) is 56.4 Å². The summed E-state index contributed by atoms with van der Waals surface area (Å²) in [6.45, 7) is 11.4. The molecule has 0 saturated carbocycles. The molecule has 6 atom stereocenters. The smallest absolute Gasteiger partial charge is 0.312 e. The number of likely N-dealkylation sites (tertiary alicyclic amines) is 1. The van der Waals surface area contributed by atoms with Crippen molar-refractivity contribution in [3.05, 3.63) is 49.6 Å². The van der Waals surface area contributed by atoms with Crippen molar-refractivity contribution >= 4 is 23.5 Å². The molecule has 206 valence electrons. The fourth-order valence-electron chi connectivity index (χ4n) is 6.58. The first-order valence-electron chi connectivity index (χ1n) is 13.2. The number of fused-ring (bicyclic) bond motifs is 1. The largest absolute Gasteiger partial charge is 0.497 e. The van der Waals surface area contributed by atoms with E-state index in [9.17, 15) is 19.5 Å². The van der Waals surface area contributed by atoms with Gasteiger partial charge in [0.25, 0.3) is 5.91 Å². The Balaban J connectivity index is 1.73. The summed E-state index contributed by atoms with van der Waals surface area (Å²) >= 11 is 0. The number of carbonyl (C=O) groups is 3. The molecule has 1 aromatic carbocycles. The van der Waals surface area contributed by atoms with Gasteiger partial charge in [-0.1, -0.05) is 19.1 Å². The van der Waals surface area contributed by atoms with Gasteiger partial charge in [0.2, 0.25) is 5.91 Å². The summed E-state index contributed by atoms with van der Waals surface area (Å²) in [5.41, 5.74) is -1.56. The summed E-state index contributed by atoms with van der Waals surface area (Å²) in [6.07, 6.45) is 5.15. The Morgan fingerprint density at radius 1 is 1.26 bits per heavy atom. The molecular formula is C29H38N2O7. The van der Waals surface area contributed by atoms with Crippen LogP contribution in [0.2, 0.25) is 0 Å². The maximum absolute atomic E-state index is 14.3. The van der Waals surface area contributed by atoms with Crippen LogP contribution in [0.25, 0.3) is 0 Å². The van der Waals surface area contributed by atoms with Crippen LogP contribution >= 0.6 is 0 Å². The number of unbranched alkanes of at least 4 members (excludes halogenated alkanes) is 1. The van der Waals surface area contributed by atoms with Gasteiger partial charge in [-0.15, -0.1) is 13.2 Å². The van der Waals surface area contributed by atoms with E-state index in [1.165, 1.54) is 4.90 Å². The minimum atomic E-state index is -1.21. The molecule has 3 aliphatic rings. The molecule has 3 aliphatic heterocycles. The molecule has 2 amide bonds. The summed E-state index contributed by atoms with van der Waals surface area (Å²) in [7, 11) is 1.56. The van der Waals surface area contributed by atoms with Gasteiger partial charge in [-0.2, -0.15) is 0 Å². The highest BCUT2D eigenvalue weighted by molar-refractivity contribution is 6.04. The van der Waals surface area contributed by atoms with Crippen molar-refractivity contribution in [3.63, 3.8) is 0 Å². The van der Waals surface area contributed by atoms with Gasteiger partial charge in [-0.25, -0.2) is 0 Å². The molecule has 3 fully saturated rings. The van der Waals surface area contributed by atoms with E-state index in [4.69, 9.17) is 14.2 Å². The maximum Gasteiger partial charge on any atom is 0.312 e. The number of β-amino-alcohol motifs (C(OH)–C–C–N with tert-alkyl or cyclic N) is 1. The number of carbonyl (C=O) groups excluding carboxylic acids is 3. The quantitative estimate of drug-likeness (QED) is 0.254. The molecule has 0 radical (unpaired) electrons. The van der Waals surface area contributed by atoms with Crippen LogP contribution < -0.4 is 9.64 Å². The van der Waals surface area contributed by atoms with E-state index >= 15 is 0 Å². The molecule has 3 saturated heterocycles. The van der Waals surface area contributed by atoms with Crippen LogP contribution in [-0.2, 0) is 23.9 Å². The number of anilines is 1. The molecule has 3 heterocycles. The summed E-state index contributed by atoms with van der Waals surface area (Å²) in [5.74, 6) is -2.39. The predicted molar refractivity (Wildman–Crippen MR) is 142 cm³/mol. The number of esters is 1. The summed E-state index contributed by atoms with van der Waals surface area (Å²) in [5, 5.41) is 9.85. The number of aliphatic hydroxyl groups is 1. The second-order valence-corrected chi connectivity index (χ2v) is 10.5. The lowest BCUT2D eigenvalue weighted by molar-refractivity contribution is -0.161. The first-order chi connectivity index (χ1) is 18.2. The Kier molecular flexibility index (Phi) is 7.99. The van der Waals surface area contributed by atoms with E-state index in [-0.39, 0.29) is 44.0 Å². The summed E-state index contributed by atoms with van der Waals surface area (Å²) < 4.78 is 17.5. The maximum atomic E-state index is 14.3. The zero-order chi connectivity index (χ0) is 27.7. The second-order valence-electron chi connectivity index (χ2n) is 10.5. The Bertz CT molecular complexity index is 1090. The van der Waals surface area contributed by atoms with Crippen molar-refractivity contribution < 1.29 is 33.7 Å². The topological polar surface area (TPSA) is 106 Å². The minimum absolute atomic E-state index is 0.0480. The molecule has 38 heavy (non-hydrogen) atoms. The monoisotopic (exact) mass is 526 g/mol. The van der Waals surface area contributed by atoms with Gasteiger partial charge >= 0.3 is 5.97 Å². The Hall–Kier alpha value is -3.17. The van der Waals surface area contributed by atoms with E-state index in [0.29, 0.717) is 30.7 Å². The highest BCUT2D eigenvalue weighted by atomic mass is 16.6. The van der Waals surface area contributed by atoms with Crippen LogP contribution in [0.15, 0.2) is 49.6 Å². The van der Waals surface area contributed by atoms with Crippen LogP contribution in [-0.4, -0.2) is 78.4 Å². The van der Waals surface area contributed by atoms with E-state index in [1.54, 1.807) is 48.4 Å². The van der Waals surface area contributed by atoms with Gasteiger partial charge in [0, 0.05) is 18.8 Å². The third-order valence-corrected chi connectivity index (χ3v) is 8.40. The molecular weight excluding hydrogens is 488 g/mol. The van der Waals surface area contributed by atoms with Gasteiger partial charge in [0.1, 0.15) is 23.3 Å². The van der Waals surface area contributed by atoms with Gasteiger partial charge in [0.05, 0.1) is 31.8 Å². The Morgan fingerprint density at radius 3 is 2.58 bits per heavy atom. The van der Waals surface area contributed by atoms with Crippen molar-refractivity contribution in [2.75, 3.05) is 38.3 Å². The molecule has 1 spiro atoms. The fraction of sp³-hybridized carbons (Fsp3) is 0.552. The van der Waals surface area contributed by atoms with Crippen LogP contribution in [0.5, 0.6) is 5.75 Å². The third-order valence-electron chi connectivity index (χ3n) is 8.40. The lowest BCUT2D eigenvalue weighted by Gasteiger charge is -2.37. The van der Waals surface area contributed by atoms with Crippen molar-refractivity contribution in [1.29, 1.82) is 0 Å². The van der Waals surface area contributed by atoms with Gasteiger partial charge in [0.15, 0.2) is 0 Å². The number of ether oxygens (including phenoxy) is 3. The minimum Gasteiger partial charge on any atom is -0.497 e. The molecule has 2 bridgehead atoms. The van der Waals surface area contributed by atoms with Crippen molar-refractivity contribution in [2.24, 2.45) is 17.8 Å². The Morgan fingerprint density at radius 2 is 1.97 bits per heavy atom. The number of benzene rings is 1. The summed E-state index contributed by atoms with van der Waals surface area (Å²) in [4.78, 5) is 44.6. The number of methoxy groups -OCH3 is 1. The van der Waals surface area contributed by atoms with Gasteiger partial charge in [-0.3, -0.25) is 14.4 Å². The van der Waals surface area contributed by atoms with Crippen LogP contribution in [0, 0.1) is 17.8 Å². The fourth-order valence-corrected chi connectivity index (χ4v) is 6.58. The van der Waals surface area contributed by atoms with Crippen LogP contribution in [0.1, 0.15) is 33.1 Å². The van der Waals surface area contributed by atoms with E-state index < -0.39 is 35.0 Å². The standard InChI is InChI=1S/C29H38N2O7/c1-6-8-9-17-37-27(35)23-22-25(33)31(15-16-32)24(29(22)18-19(3)28(23,4)38-29)26(34)30(14-7-2)20-10-12-21(36-5)13-11-20/h6-7,10-13,19,22-24,32H,1-2,8-9,14-18H2,3-5H3/t19?,22-,23+,24?,28-,29?/m0/s1. The highest BCUT2D eigenvalue weighted by Gasteiger charge is 2.80. The van der Waals surface area contributed by atoms with E-state index in [0.717, 1.165) is 0 Å². The lowest BCUT2D eigenvalue weighted by atomic mass is 9.62. The van der Waals surface area contributed by atoms with Gasteiger partial charge < -0.3 is 29.1 Å². The number of rotatable bonds is 12. The first-order valence-corrected chi connectivity index (χ1v) is 13.2. The number of amides is 2. The lowest BCUT2D eigenvalue weighted by Crippen LogP contribution is -2.57. The second kappa shape index (κ2) is 10.9. The zero-order valence-electron chi connectivity index (χ0n) is 22.4. The third kappa shape index (κ3) is 4.31. The number of aliphatic hydroxyl groups excluding tert-OH is 1. The van der Waals surface area contributed by atoms with Crippen LogP contribution in [0.3, 0.4) is 0 Å². The molecule has 1 aromatic rings. The average Bonchev–Trinajstić information content (AvgIpc) is 3.42. The molecule has 9 heteroatoms. The molecule has 9 nitrogen and oxygen atoms in total. The van der Waals surface area contributed by atoms with Crippen molar-refractivity contribution in [2.45, 2.75) is 50.4 Å². The predicted octanol–water partition coefficient (Wildman–Crippen LogP) is 2.73. The van der Waals surface area contributed by atoms with Crippen LogP contribution in [0.4, 0.5) is 5.69 Å². The first kappa shape index (κ1) is 27.9. The SMILES string of the molecule is C=CCCCOC(=O)[C@H]1[C@H]2C(=O)N(CCO)C(C(=O)N(CC=C)c3ccc(OC)cc3)C23CC(C)[C@]1(C)O3. The molecule has 0 aromatic heterocycles. The van der Waals surface area contributed by atoms with Crippen molar-refractivity contribution in [1.82, 2.24) is 4.90 Å². The molecule has 3 unspecified atom stereocenters. The molecule has 1 N–H and O–H groups in total. The number of hydrogen-bond donors (Lipinski definition) is 1. The Labute approximate surface area is 224 Å². The molecule has 0 aliphatic carbocycles. The number of hydrogen-bond acceptors (Lipinski definition) is 7. The normalized spacial score (nSPS) is 31.2. The summed E-state index contributed by atoms with van der Waals surface area (Å²) in [6, 6.07) is 6.03. The zero-order valence-corrected chi connectivity index (χ0v) is 22.4. The average molecular weight is 527 g/mol. The van der Waals surface area contributed by atoms with E-state index in [2.05, 4.69) is 13.2 Å². The molecule has 4 rings (SSSR count).